The first-order valence-corrected chi connectivity index (χ1v) is 8.34. The monoisotopic (exact) mass is 348 g/mol. The van der Waals surface area contributed by atoms with E-state index in [9.17, 15) is 8.42 Å². The van der Waals surface area contributed by atoms with E-state index in [0.29, 0.717) is 17.8 Å². The average Bonchev–Trinajstić information content (AvgIpc) is 2.93. The Morgan fingerprint density at radius 1 is 1.33 bits per heavy atom. The van der Waals surface area contributed by atoms with Crippen molar-refractivity contribution in [3.63, 3.8) is 0 Å². The van der Waals surface area contributed by atoms with Gasteiger partial charge in [-0.3, -0.25) is 0 Å². The lowest BCUT2D eigenvalue weighted by molar-refractivity contribution is 0.581. The molecule has 0 saturated heterocycles. The lowest BCUT2D eigenvalue weighted by Gasteiger charge is -2.11. The highest BCUT2D eigenvalue weighted by Crippen LogP contribution is 2.29. The van der Waals surface area contributed by atoms with Gasteiger partial charge in [-0.1, -0.05) is 23.2 Å². The number of rotatable bonds is 6. The molecule has 1 aromatic heterocycles. The number of sulfonamides is 1. The summed E-state index contributed by atoms with van der Waals surface area (Å²) in [4.78, 5) is 6.83. The van der Waals surface area contributed by atoms with Gasteiger partial charge in [0, 0.05) is 36.9 Å². The molecule has 0 amide bonds. The molecular weight excluding hydrogens is 335 g/mol. The number of benzene rings is 1. The van der Waals surface area contributed by atoms with Gasteiger partial charge in [-0.15, -0.1) is 0 Å². The first-order chi connectivity index (χ1) is 9.94. The van der Waals surface area contributed by atoms with Crippen LogP contribution in [0.3, 0.4) is 0 Å². The van der Waals surface area contributed by atoms with Crippen LogP contribution in [-0.2, 0) is 23.0 Å². The number of H-pyrrole nitrogens is 1. The number of nitrogens with one attached hydrogen (secondary N) is 2. The first-order valence-electron chi connectivity index (χ1n) is 6.10. The summed E-state index contributed by atoms with van der Waals surface area (Å²) in [6.07, 6.45) is 3.71. The van der Waals surface area contributed by atoms with E-state index >= 15 is 0 Å². The van der Waals surface area contributed by atoms with Crippen molar-refractivity contribution in [3.8, 4) is 0 Å². The number of aromatic nitrogens is 2. The van der Waals surface area contributed by atoms with E-state index in [-0.39, 0.29) is 28.0 Å². The molecule has 0 bridgehead atoms. The third kappa shape index (κ3) is 3.96. The number of imidazole rings is 1. The van der Waals surface area contributed by atoms with E-state index in [2.05, 4.69) is 14.7 Å². The molecule has 0 aliphatic rings. The van der Waals surface area contributed by atoms with Crippen molar-refractivity contribution in [2.45, 2.75) is 17.9 Å². The fraction of sp³-hybridized carbons (Fsp3) is 0.250. The van der Waals surface area contributed by atoms with Crippen LogP contribution >= 0.6 is 23.2 Å². The van der Waals surface area contributed by atoms with Crippen molar-refractivity contribution in [2.75, 3.05) is 6.54 Å². The predicted molar refractivity (Wildman–Crippen MR) is 81.8 cm³/mol. The van der Waals surface area contributed by atoms with Crippen molar-refractivity contribution < 1.29 is 8.42 Å². The minimum absolute atomic E-state index is 0.0726. The Morgan fingerprint density at radius 3 is 2.71 bits per heavy atom. The lowest BCUT2D eigenvalue weighted by atomic mass is 10.2. The Morgan fingerprint density at radius 2 is 2.10 bits per heavy atom. The van der Waals surface area contributed by atoms with Crippen LogP contribution in [0.15, 0.2) is 29.4 Å². The van der Waals surface area contributed by atoms with E-state index in [0.717, 1.165) is 0 Å². The van der Waals surface area contributed by atoms with Crippen LogP contribution in [0.25, 0.3) is 0 Å². The Bertz CT molecular complexity index is 717. The molecule has 9 heteroatoms. The predicted octanol–water partition coefficient (Wildman–Crippen LogP) is 1.70. The molecule has 0 radical (unpaired) electrons. The van der Waals surface area contributed by atoms with Gasteiger partial charge < -0.3 is 10.7 Å². The van der Waals surface area contributed by atoms with Gasteiger partial charge in [0.1, 0.15) is 10.7 Å². The van der Waals surface area contributed by atoms with Gasteiger partial charge in [0.25, 0.3) is 0 Å². The summed E-state index contributed by atoms with van der Waals surface area (Å²) in [5.74, 6) is 0.692. The van der Waals surface area contributed by atoms with Gasteiger partial charge in [-0.05, 0) is 17.7 Å². The molecule has 0 fully saturated rings. The molecule has 0 unspecified atom stereocenters. The Hall–Kier alpha value is -1.12. The molecule has 4 N–H and O–H groups in total. The number of nitrogens with zero attached hydrogens (tertiary/aromatic N) is 1. The fourth-order valence-electron chi connectivity index (χ4n) is 1.78. The van der Waals surface area contributed by atoms with Crippen molar-refractivity contribution in [1.82, 2.24) is 14.7 Å². The zero-order chi connectivity index (χ0) is 15.5. The van der Waals surface area contributed by atoms with E-state index in [1.54, 1.807) is 18.5 Å². The van der Waals surface area contributed by atoms with Crippen LogP contribution in [0.2, 0.25) is 10.0 Å². The van der Waals surface area contributed by atoms with E-state index < -0.39 is 10.0 Å². The third-order valence-electron chi connectivity index (χ3n) is 2.80. The second-order valence-corrected chi connectivity index (χ2v) is 6.81. The van der Waals surface area contributed by atoms with E-state index in [4.69, 9.17) is 28.9 Å². The molecule has 1 heterocycles. The quantitative estimate of drug-likeness (QED) is 0.739. The molecule has 0 saturated carbocycles. The van der Waals surface area contributed by atoms with Crippen molar-refractivity contribution in [2.24, 2.45) is 5.73 Å². The largest absolute Gasteiger partial charge is 0.349 e. The summed E-state index contributed by atoms with van der Waals surface area (Å²) >= 11 is 12.0. The number of nitrogens with two attached hydrogens (primary N) is 1. The maximum atomic E-state index is 12.3. The number of halogens is 2. The summed E-state index contributed by atoms with van der Waals surface area (Å²) in [6.45, 7) is 0.297. The molecule has 2 aromatic rings. The van der Waals surface area contributed by atoms with Gasteiger partial charge in [0.15, 0.2) is 0 Å². The van der Waals surface area contributed by atoms with Crippen LogP contribution in [0.1, 0.15) is 11.4 Å². The molecular formula is C12H14Cl2N4O2S. The summed E-state index contributed by atoms with van der Waals surface area (Å²) in [6, 6.07) is 2.85. The van der Waals surface area contributed by atoms with Crippen LogP contribution < -0.4 is 10.5 Å². The second kappa shape index (κ2) is 6.76. The minimum Gasteiger partial charge on any atom is -0.349 e. The molecule has 0 spiro atoms. The molecule has 6 nitrogen and oxygen atoms in total. The fourth-order valence-corrected chi connectivity index (χ4v) is 3.75. The van der Waals surface area contributed by atoms with Gasteiger partial charge in [-0.25, -0.2) is 18.1 Å². The summed E-state index contributed by atoms with van der Waals surface area (Å²) in [7, 11) is -3.76. The number of hydrogen-bond acceptors (Lipinski definition) is 4. The molecule has 0 aliphatic carbocycles. The Kier molecular flexibility index (Phi) is 5.23. The molecule has 114 valence electrons. The standard InChI is InChI=1S/C12H14Cl2N4O2S/c13-9-5-8(7-15)12(14)10(6-9)21(19,20)18-2-1-11-16-3-4-17-11/h3-6,18H,1-2,7,15H2,(H,16,17). The first kappa shape index (κ1) is 16.3. The molecule has 1 aromatic carbocycles. The van der Waals surface area contributed by atoms with Crippen molar-refractivity contribution in [3.05, 3.63) is 46.0 Å². The normalized spacial score (nSPS) is 11.8. The second-order valence-electron chi connectivity index (χ2n) is 4.26. The highest BCUT2D eigenvalue weighted by Gasteiger charge is 2.20. The minimum atomic E-state index is -3.76. The number of hydrogen-bond donors (Lipinski definition) is 3. The average molecular weight is 349 g/mol. The van der Waals surface area contributed by atoms with Crippen molar-refractivity contribution >= 4 is 33.2 Å². The smallest absolute Gasteiger partial charge is 0.242 e. The highest BCUT2D eigenvalue weighted by molar-refractivity contribution is 7.89. The maximum absolute atomic E-state index is 12.3. The van der Waals surface area contributed by atoms with Crippen LogP contribution in [0.5, 0.6) is 0 Å². The van der Waals surface area contributed by atoms with Crippen LogP contribution in [0.4, 0.5) is 0 Å². The van der Waals surface area contributed by atoms with Crippen molar-refractivity contribution in [1.29, 1.82) is 0 Å². The summed E-state index contributed by atoms with van der Waals surface area (Å²) < 4.78 is 27.0. The highest BCUT2D eigenvalue weighted by atomic mass is 35.5. The molecule has 0 atom stereocenters. The molecule has 0 aliphatic heterocycles. The summed E-state index contributed by atoms with van der Waals surface area (Å²) in [5.41, 5.74) is 6.01. The zero-order valence-electron chi connectivity index (χ0n) is 10.9. The molecule has 21 heavy (non-hydrogen) atoms. The van der Waals surface area contributed by atoms with Gasteiger partial charge in [0.2, 0.25) is 10.0 Å². The van der Waals surface area contributed by atoms with Gasteiger partial charge in [-0.2, -0.15) is 0 Å². The summed E-state index contributed by atoms with van der Waals surface area (Å²) in [5, 5.41) is 0.360. The lowest BCUT2D eigenvalue weighted by Crippen LogP contribution is -2.26. The van der Waals surface area contributed by atoms with Crippen LogP contribution in [-0.4, -0.2) is 24.9 Å². The maximum Gasteiger partial charge on any atom is 0.242 e. The van der Waals surface area contributed by atoms with E-state index in [1.807, 2.05) is 0 Å². The molecule has 2 rings (SSSR count). The van der Waals surface area contributed by atoms with Gasteiger partial charge >= 0.3 is 0 Å². The van der Waals surface area contributed by atoms with Gasteiger partial charge in [0.05, 0.1) is 5.02 Å². The third-order valence-corrected chi connectivity index (χ3v) is 5.06. The Balaban J connectivity index is 2.17. The topological polar surface area (TPSA) is 101 Å². The number of aromatic amines is 1. The van der Waals surface area contributed by atoms with Crippen LogP contribution in [0, 0.1) is 0 Å². The van der Waals surface area contributed by atoms with E-state index in [1.165, 1.54) is 6.07 Å². The zero-order valence-corrected chi connectivity index (χ0v) is 13.3. The SMILES string of the molecule is NCc1cc(Cl)cc(S(=O)(=O)NCCc2ncc[nH]2)c1Cl. The Labute approximate surface area is 132 Å².